The fourth-order valence-electron chi connectivity index (χ4n) is 2.71. The van der Waals surface area contributed by atoms with Gasteiger partial charge < -0.3 is 9.32 Å². The van der Waals surface area contributed by atoms with E-state index in [-0.39, 0.29) is 5.91 Å². The Bertz CT molecular complexity index is 525. The molecule has 1 saturated heterocycles. The van der Waals surface area contributed by atoms with Gasteiger partial charge >= 0.3 is 0 Å². The number of carbonyl (C=O) groups is 1. The van der Waals surface area contributed by atoms with Crippen molar-refractivity contribution in [3.8, 4) is 0 Å². The van der Waals surface area contributed by atoms with Crippen molar-refractivity contribution in [2.45, 2.75) is 18.8 Å². The molecule has 3 nitrogen and oxygen atoms in total. The summed E-state index contributed by atoms with van der Waals surface area (Å²) in [6.07, 6.45) is 5.14. The first kappa shape index (κ1) is 12.0. The summed E-state index contributed by atoms with van der Waals surface area (Å²) in [5.74, 6) is 0.662. The molecule has 0 saturated carbocycles. The molecule has 1 aliphatic rings. The molecule has 0 bridgehead atoms. The van der Waals surface area contributed by atoms with E-state index in [0.717, 1.165) is 25.9 Å². The molecule has 0 atom stereocenters. The van der Waals surface area contributed by atoms with Gasteiger partial charge in [0, 0.05) is 13.1 Å². The molecule has 1 aromatic carbocycles. The number of benzene rings is 1. The van der Waals surface area contributed by atoms with E-state index >= 15 is 0 Å². The monoisotopic (exact) mass is 255 g/mol. The van der Waals surface area contributed by atoms with Gasteiger partial charge in [-0.25, -0.2) is 0 Å². The largest absolute Gasteiger partial charge is 0.472 e. The molecule has 1 aromatic heterocycles. The summed E-state index contributed by atoms with van der Waals surface area (Å²) in [6.45, 7) is 1.65. The molecule has 1 amide bonds. The molecule has 0 spiro atoms. The maximum Gasteiger partial charge on any atom is 0.257 e. The first-order chi connectivity index (χ1) is 9.34. The summed E-state index contributed by atoms with van der Waals surface area (Å²) in [7, 11) is 0. The Balaban J connectivity index is 1.62. The third-order valence-electron chi connectivity index (χ3n) is 3.82. The van der Waals surface area contributed by atoms with E-state index in [1.54, 1.807) is 12.3 Å². The lowest BCUT2D eigenvalue weighted by molar-refractivity contribution is 0.0712. The fraction of sp³-hybridized carbons (Fsp3) is 0.312. The van der Waals surface area contributed by atoms with Crippen LogP contribution in [-0.4, -0.2) is 23.9 Å². The average molecular weight is 255 g/mol. The molecule has 98 valence electrons. The van der Waals surface area contributed by atoms with Crippen molar-refractivity contribution in [2.24, 2.45) is 0 Å². The maximum absolute atomic E-state index is 12.2. The van der Waals surface area contributed by atoms with Crippen LogP contribution in [0.3, 0.4) is 0 Å². The molecule has 0 unspecified atom stereocenters. The molecule has 0 aliphatic carbocycles. The van der Waals surface area contributed by atoms with E-state index in [4.69, 9.17) is 4.42 Å². The van der Waals surface area contributed by atoms with Crippen LogP contribution in [0.2, 0.25) is 0 Å². The lowest BCUT2D eigenvalue weighted by atomic mass is 9.89. The van der Waals surface area contributed by atoms with Crippen LogP contribution in [0.15, 0.2) is 53.3 Å². The van der Waals surface area contributed by atoms with E-state index < -0.39 is 0 Å². The Kier molecular flexibility index (Phi) is 3.36. The molecular weight excluding hydrogens is 238 g/mol. The molecule has 3 heteroatoms. The van der Waals surface area contributed by atoms with Crippen LogP contribution in [0.5, 0.6) is 0 Å². The Hall–Kier alpha value is -2.03. The minimum absolute atomic E-state index is 0.0836. The number of hydrogen-bond donors (Lipinski definition) is 0. The average Bonchev–Trinajstić information content (AvgIpc) is 3.02. The second-order valence-electron chi connectivity index (χ2n) is 4.99. The first-order valence-corrected chi connectivity index (χ1v) is 6.71. The van der Waals surface area contributed by atoms with Gasteiger partial charge in [0.25, 0.3) is 5.91 Å². The molecule has 2 aromatic rings. The van der Waals surface area contributed by atoms with Crippen LogP contribution < -0.4 is 0 Å². The van der Waals surface area contributed by atoms with Gasteiger partial charge in [0.2, 0.25) is 0 Å². The Morgan fingerprint density at radius 3 is 2.47 bits per heavy atom. The van der Waals surface area contributed by atoms with Crippen LogP contribution in [-0.2, 0) is 0 Å². The van der Waals surface area contributed by atoms with Gasteiger partial charge in [-0.2, -0.15) is 0 Å². The lowest BCUT2D eigenvalue weighted by Gasteiger charge is -2.32. The van der Waals surface area contributed by atoms with Gasteiger partial charge in [-0.3, -0.25) is 4.79 Å². The van der Waals surface area contributed by atoms with E-state index in [1.165, 1.54) is 11.8 Å². The van der Waals surface area contributed by atoms with Crippen LogP contribution in [0.4, 0.5) is 0 Å². The van der Waals surface area contributed by atoms with Crippen molar-refractivity contribution in [2.75, 3.05) is 13.1 Å². The van der Waals surface area contributed by atoms with Gasteiger partial charge in [-0.15, -0.1) is 0 Å². The second-order valence-corrected chi connectivity index (χ2v) is 4.99. The summed E-state index contributed by atoms with van der Waals surface area (Å²) >= 11 is 0. The number of rotatable bonds is 2. The minimum Gasteiger partial charge on any atom is -0.472 e. The summed E-state index contributed by atoms with van der Waals surface area (Å²) in [4.78, 5) is 14.1. The standard InChI is InChI=1S/C16H17NO2/c18-16(15-8-11-19-12-15)17-9-6-14(7-10-17)13-4-2-1-3-5-13/h1-5,8,11-12,14H,6-7,9-10H2. The Morgan fingerprint density at radius 2 is 1.84 bits per heavy atom. The van der Waals surface area contributed by atoms with Crippen molar-refractivity contribution >= 4 is 5.91 Å². The number of nitrogens with zero attached hydrogens (tertiary/aromatic N) is 1. The highest BCUT2D eigenvalue weighted by Gasteiger charge is 2.24. The minimum atomic E-state index is 0.0836. The highest BCUT2D eigenvalue weighted by Crippen LogP contribution is 2.28. The lowest BCUT2D eigenvalue weighted by Crippen LogP contribution is -2.37. The third kappa shape index (κ3) is 2.55. The third-order valence-corrected chi connectivity index (χ3v) is 3.82. The summed E-state index contributed by atoms with van der Waals surface area (Å²) in [5, 5.41) is 0. The number of likely N-dealkylation sites (tertiary alicyclic amines) is 1. The second kappa shape index (κ2) is 5.31. The quantitative estimate of drug-likeness (QED) is 0.825. The molecule has 0 N–H and O–H groups in total. The zero-order valence-corrected chi connectivity index (χ0v) is 10.8. The smallest absolute Gasteiger partial charge is 0.257 e. The molecule has 0 radical (unpaired) electrons. The number of furan rings is 1. The first-order valence-electron chi connectivity index (χ1n) is 6.71. The maximum atomic E-state index is 12.2. The van der Waals surface area contributed by atoms with Crippen molar-refractivity contribution in [3.63, 3.8) is 0 Å². The SMILES string of the molecule is O=C(c1ccoc1)N1CCC(c2ccccc2)CC1. The Morgan fingerprint density at radius 1 is 1.11 bits per heavy atom. The number of amides is 1. The van der Waals surface area contributed by atoms with E-state index in [9.17, 15) is 4.79 Å². The van der Waals surface area contributed by atoms with Gasteiger partial charge in [-0.1, -0.05) is 30.3 Å². The number of hydrogen-bond acceptors (Lipinski definition) is 2. The fourth-order valence-corrected chi connectivity index (χ4v) is 2.71. The normalized spacial score (nSPS) is 16.5. The number of piperidine rings is 1. The van der Waals surface area contributed by atoms with Crippen molar-refractivity contribution in [3.05, 3.63) is 60.1 Å². The molecule has 1 aliphatic heterocycles. The summed E-state index contributed by atoms with van der Waals surface area (Å²) in [5.41, 5.74) is 2.04. The van der Waals surface area contributed by atoms with Crippen molar-refractivity contribution < 1.29 is 9.21 Å². The van der Waals surface area contributed by atoms with Gasteiger partial charge in [0.15, 0.2) is 0 Å². The van der Waals surface area contributed by atoms with E-state index in [2.05, 4.69) is 24.3 Å². The highest BCUT2D eigenvalue weighted by molar-refractivity contribution is 5.93. The Labute approximate surface area is 112 Å². The zero-order valence-electron chi connectivity index (χ0n) is 10.8. The molecule has 2 heterocycles. The molecular formula is C16H17NO2. The zero-order chi connectivity index (χ0) is 13.1. The number of carbonyl (C=O) groups excluding carboxylic acids is 1. The molecule has 3 rings (SSSR count). The predicted octanol–water partition coefficient (Wildman–Crippen LogP) is 3.30. The molecule has 19 heavy (non-hydrogen) atoms. The van der Waals surface area contributed by atoms with E-state index in [0.29, 0.717) is 11.5 Å². The highest BCUT2D eigenvalue weighted by atomic mass is 16.3. The van der Waals surface area contributed by atoms with Crippen LogP contribution in [0.25, 0.3) is 0 Å². The topological polar surface area (TPSA) is 33.5 Å². The van der Waals surface area contributed by atoms with Crippen LogP contribution in [0.1, 0.15) is 34.7 Å². The van der Waals surface area contributed by atoms with Crippen LogP contribution in [0, 0.1) is 0 Å². The summed E-state index contributed by atoms with van der Waals surface area (Å²) < 4.78 is 4.97. The van der Waals surface area contributed by atoms with Gasteiger partial charge in [0.05, 0.1) is 11.8 Å². The summed E-state index contributed by atoms with van der Waals surface area (Å²) in [6, 6.07) is 12.3. The van der Waals surface area contributed by atoms with Gasteiger partial charge in [-0.05, 0) is 30.4 Å². The van der Waals surface area contributed by atoms with Crippen molar-refractivity contribution in [1.82, 2.24) is 4.90 Å². The molecule has 1 fully saturated rings. The van der Waals surface area contributed by atoms with E-state index in [1.807, 2.05) is 11.0 Å². The van der Waals surface area contributed by atoms with Crippen molar-refractivity contribution in [1.29, 1.82) is 0 Å². The predicted molar refractivity (Wildman–Crippen MR) is 73.0 cm³/mol. The van der Waals surface area contributed by atoms with Crippen LogP contribution >= 0.6 is 0 Å². The van der Waals surface area contributed by atoms with Gasteiger partial charge in [0.1, 0.15) is 6.26 Å².